The maximum absolute atomic E-state index is 10.5. The fraction of sp³-hybridized carbons (Fsp3) is 0.222. The van der Waals surface area contributed by atoms with Gasteiger partial charge in [-0.05, 0) is 24.3 Å². The fourth-order valence-corrected chi connectivity index (χ4v) is 1.99. The molecule has 0 aliphatic heterocycles. The van der Waals surface area contributed by atoms with Crippen molar-refractivity contribution in [3.63, 3.8) is 0 Å². The first-order chi connectivity index (χ1) is 10.5. The SMILES string of the molecule is CN(C)c1ccccc1C=O.CN(C)c1ccccc1C=O. The first-order valence-corrected chi connectivity index (χ1v) is 6.94. The lowest BCUT2D eigenvalue weighted by Crippen LogP contribution is -2.10. The van der Waals surface area contributed by atoms with Gasteiger partial charge in [0.2, 0.25) is 0 Å². The molecule has 0 spiro atoms. The Morgan fingerprint density at radius 3 is 1.18 bits per heavy atom. The summed E-state index contributed by atoms with van der Waals surface area (Å²) in [5, 5.41) is 0. The number of rotatable bonds is 4. The fourth-order valence-electron chi connectivity index (χ4n) is 1.99. The van der Waals surface area contributed by atoms with E-state index in [2.05, 4.69) is 0 Å². The molecule has 0 amide bonds. The highest BCUT2D eigenvalue weighted by Gasteiger charge is 2.00. The summed E-state index contributed by atoms with van der Waals surface area (Å²) in [6, 6.07) is 15.0. The molecule has 2 aromatic carbocycles. The van der Waals surface area contributed by atoms with Crippen LogP contribution in [-0.4, -0.2) is 40.8 Å². The summed E-state index contributed by atoms with van der Waals surface area (Å²) in [6.07, 6.45) is 1.74. The van der Waals surface area contributed by atoms with Crippen molar-refractivity contribution in [2.75, 3.05) is 38.0 Å². The lowest BCUT2D eigenvalue weighted by atomic mass is 10.2. The van der Waals surface area contributed by atoms with Crippen LogP contribution in [0.4, 0.5) is 11.4 Å². The van der Waals surface area contributed by atoms with Gasteiger partial charge in [-0.15, -0.1) is 0 Å². The molecule has 0 atom stereocenters. The maximum atomic E-state index is 10.5. The van der Waals surface area contributed by atoms with Gasteiger partial charge in [-0.25, -0.2) is 0 Å². The minimum absolute atomic E-state index is 0.734. The van der Waals surface area contributed by atoms with Crippen molar-refractivity contribution in [2.45, 2.75) is 0 Å². The average molecular weight is 298 g/mol. The van der Waals surface area contributed by atoms with Crippen LogP contribution in [0.2, 0.25) is 0 Å². The number of aldehydes is 2. The van der Waals surface area contributed by atoms with E-state index in [4.69, 9.17) is 0 Å². The van der Waals surface area contributed by atoms with E-state index in [9.17, 15) is 9.59 Å². The molecule has 0 aromatic heterocycles. The van der Waals surface area contributed by atoms with E-state index in [1.807, 2.05) is 86.5 Å². The Kier molecular flexibility index (Phi) is 6.83. The number of anilines is 2. The molecule has 4 nitrogen and oxygen atoms in total. The number of para-hydroxylation sites is 2. The van der Waals surface area contributed by atoms with Crippen LogP contribution in [0.5, 0.6) is 0 Å². The molecule has 0 radical (unpaired) electrons. The van der Waals surface area contributed by atoms with Crippen molar-refractivity contribution in [3.8, 4) is 0 Å². The van der Waals surface area contributed by atoms with Gasteiger partial charge in [0.15, 0.2) is 12.6 Å². The third-order valence-corrected chi connectivity index (χ3v) is 3.09. The van der Waals surface area contributed by atoms with Gasteiger partial charge >= 0.3 is 0 Å². The molecule has 0 fully saturated rings. The molecule has 2 aromatic rings. The van der Waals surface area contributed by atoms with E-state index in [1.54, 1.807) is 0 Å². The molecule has 0 N–H and O–H groups in total. The second kappa shape index (κ2) is 8.62. The summed E-state index contributed by atoms with van der Waals surface area (Å²) >= 11 is 0. The Hall–Kier alpha value is -2.62. The van der Waals surface area contributed by atoms with E-state index < -0.39 is 0 Å². The number of nitrogens with zero attached hydrogens (tertiary/aromatic N) is 2. The zero-order valence-electron chi connectivity index (χ0n) is 13.5. The van der Waals surface area contributed by atoms with Crippen molar-refractivity contribution in [1.29, 1.82) is 0 Å². The summed E-state index contributed by atoms with van der Waals surface area (Å²) in [5.41, 5.74) is 3.39. The summed E-state index contributed by atoms with van der Waals surface area (Å²) < 4.78 is 0. The summed E-state index contributed by atoms with van der Waals surface area (Å²) in [5.74, 6) is 0. The second-order valence-electron chi connectivity index (χ2n) is 5.14. The van der Waals surface area contributed by atoms with Crippen LogP contribution in [-0.2, 0) is 0 Å². The van der Waals surface area contributed by atoms with Crippen LogP contribution in [0.1, 0.15) is 20.7 Å². The summed E-state index contributed by atoms with van der Waals surface area (Å²) in [7, 11) is 7.68. The van der Waals surface area contributed by atoms with E-state index in [1.165, 1.54) is 0 Å². The topological polar surface area (TPSA) is 40.6 Å². The van der Waals surface area contributed by atoms with Crippen LogP contribution < -0.4 is 9.80 Å². The molecule has 0 aliphatic carbocycles. The van der Waals surface area contributed by atoms with Gasteiger partial charge in [0.05, 0.1) is 0 Å². The third kappa shape index (κ3) is 4.74. The second-order valence-corrected chi connectivity index (χ2v) is 5.14. The molecule has 0 unspecified atom stereocenters. The maximum Gasteiger partial charge on any atom is 0.152 e. The van der Waals surface area contributed by atoms with Crippen LogP contribution >= 0.6 is 0 Å². The van der Waals surface area contributed by atoms with Gasteiger partial charge in [0.25, 0.3) is 0 Å². The van der Waals surface area contributed by atoms with Gasteiger partial charge in [0, 0.05) is 50.7 Å². The van der Waals surface area contributed by atoms with Crippen molar-refractivity contribution in [1.82, 2.24) is 0 Å². The molecule has 2 rings (SSSR count). The highest BCUT2D eigenvalue weighted by molar-refractivity contribution is 5.84. The largest absolute Gasteiger partial charge is 0.377 e. The summed E-state index contributed by atoms with van der Waals surface area (Å²) in [4.78, 5) is 24.9. The minimum Gasteiger partial charge on any atom is -0.377 e. The van der Waals surface area contributed by atoms with Crippen molar-refractivity contribution >= 4 is 23.9 Å². The van der Waals surface area contributed by atoms with E-state index in [0.717, 1.165) is 35.1 Å². The van der Waals surface area contributed by atoms with E-state index in [-0.39, 0.29) is 0 Å². The van der Waals surface area contributed by atoms with Crippen molar-refractivity contribution in [3.05, 3.63) is 59.7 Å². The normalized spacial score (nSPS) is 9.27. The number of hydrogen-bond donors (Lipinski definition) is 0. The van der Waals surface area contributed by atoms with Gasteiger partial charge in [0.1, 0.15) is 0 Å². The molecule has 22 heavy (non-hydrogen) atoms. The smallest absolute Gasteiger partial charge is 0.152 e. The van der Waals surface area contributed by atoms with Crippen LogP contribution in [0.15, 0.2) is 48.5 Å². The molecule has 0 aliphatic rings. The van der Waals surface area contributed by atoms with Gasteiger partial charge < -0.3 is 9.80 Å². The highest BCUT2D eigenvalue weighted by Crippen LogP contribution is 2.15. The van der Waals surface area contributed by atoms with Crippen molar-refractivity contribution in [2.24, 2.45) is 0 Å². The minimum atomic E-state index is 0.734. The quantitative estimate of drug-likeness (QED) is 0.813. The molecule has 0 heterocycles. The Balaban J connectivity index is 0.000000220. The average Bonchev–Trinajstić information content (AvgIpc) is 2.55. The lowest BCUT2D eigenvalue weighted by molar-refractivity contribution is 0.111. The van der Waals surface area contributed by atoms with Gasteiger partial charge in [-0.1, -0.05) is 24.3 Å². The van der Waals surface area contributed by atoms with Crippen LogP contribution in [0, 0.1) is 0 Å². The zero-order valence-corrected chi connectivity index (χ0v) is 13.5. The van der Waals surface area contributed by atoms with Gasteiger partial charge in [-0.3, -0.25) is 9.59 Å². The Morgan fingerprint density at radius 2 is 0.955 bits per heavy atom. The monoisotopic (exact) mass is 298 g/mol. The molecule has 0 saturated carbocycles. The zero-order chi connectivity index (χ0) is 16.5. The predicted molar refractivity (Wildman–Crippen MR) is 92.3 cm³/mol. The number of carbonyl (C=O) groups is 2. The highest BCUT2D eigenvalue weighted by atomic mass is 16.1. The molecule has 116 valence electrons. The number of benzene rings is 2. The third-order valence-electron chi connectivity index (χ3n) is 3.09. The predicted octanol–water partition coefficient (Wildman–Crippen LogP) is 3.13. The van der Waals surface area contributed by atoms with Crippen LogP contribution in [0.25, 0.3) is 0 Å². The molecule has 0 bridgehead atoms. The standard InChI is InChI=1S/2C9H11NO/c2*1-10(2)9-6-4-3-5-8(9)7-11/h2*3-7H,1-2H3. The van der Waals surface area contributed by atoms with Gasteiger partial charge in [-0.2, -0.15) is 0 Å². The van der Waals surface area contributed by atoms with Crippen LogP contribution in [0.3, 0.4) is 0 Å². The molecule has 0 saturated heterocycles. The van der Waals surface area contributed by atoms with Crippen molar-refractivity contribution < 1.29 is 9.59 Å². The Morgan fingerprint density at radius 1 is 0.636 bits per heavy atom. The Labute approximate surface area is 132 Å². The first kappa shape index (κ1) is 17.4. The molecular formula is C18H22N2O2. The summed E-state index contributed by atoms with van der Waals surface area (Å²) in [6.45, 7) is 0. The molecule has 4 heteroatoms. The van der Waals surface area contributed by atoms with E-state index >= 15 is 0 Å². The number of carbonyl (C=O) groups excluding carboxylic acids is 2. The Bertz CT molecular complexity index is 566. The lowest BCUT2D eigenvalue weighted by Gasteiger charge is -2.13. The first-order valence-electron chi connectivity index (χ1n) is 6.94. The molecular weight excluding hydrogens is 276 g/mol. The van der Waals surface area contributed by atoms with E-state index in [0.29, 0.717) is 0 Å². The number of hydrogen-bond acceptors (Lipinski definition) is 4.